The van der Waals surface area contributed by atoms with Crippen molar-refractivity contribution in [2.45, 2.75) is 0 Å². The summed E-state index contributed by atoms with van der Waals surface area (Å²) >= 11 is 11.9. The summed E-state index contributed by atoms with van der Waals surface area (Å²) in [6.07, 6.45) is 0. The van der Waals surface area contributed by atoms with E-state index in [9.17, 15) is 9.18 Å². The molecule has 0 aliphatic carbocycles. The number of hydrogen-bond donors (Lipinski definition) is 2. The maximum Gasteiger partial charge on any atom is 0.327 e. The van der Waals surface area contributed by atoms with Gasteiger partial charge in [0.2, 0.25) is 0 Å². The van der Waals surface area contributed by atoms with Crippen LogP contribution in [-0.4, -0.2) is 16.2 Å². The van der Waals surface area contributed by atoms with E-state index in [1.165, 1.54) is 30.3 Å². The molecule has 0 aliphatic heterocycles. The third-order valence-corrected chi connectivity index (χ3v) is 3.46. The lowest BCUT2D eigenvalue weighted by Crippen LogP contribution is -2.19. The van der Waals surface area contributed by atoms with Crippen LogP contribution in [0.5, 0.6) is 0 Å². The highest BCUT2D eigenvalue weighted by molar-refractivity contribution is 6.36. The third kappa shape index (κ3) is 3.81. The van der Waals surface area contributed by atoms with Crippen molar-refractivity contribution in [3.8, 4) is 11.5 Å². The van der Waals surface area contributed by atoms with Gasteiger partial charge in [0.1, 0.15) is 5.82 Å². The van der Waals surface area contributed by atoms with Crippen molar-refractivity contribution in [2.24, 2.45) is 0 Å². The number of rotatable bonds is 3. The number of benzene rings is 2. The van der Waals surface area contributed by atoms with Gasteiger partial charge in [-0.3, -0.25) is 5.32 Å². The zero-order valence-electron chi connectivity index (χ0n) is 11.9. The Balaban J connectivity index is 1.69. The predicted molar refractivity (Wildman–Crippen MR) is 88.8 cm³/mol. The lowest BCUT2D eigenvalue weighted by Gasteiger charge is -2.04. The molecule has 0 unspecified atom stereocenters. The molecule has 3 rings (SSSR count). The molecule has 1 heterocycles. The molecule has 3 aromatic rings. The second-order valence-electron chi connectivity index (χ2n) is 4.62. The Labute approximate surface area is 145 Å². The molecular formula is C15H9Cl2FN4O2. The number of nitrogens with zero attached hydrogens (tertiary/aromatic N) is 2. The van der Waals surface area contributed by atoms with E-state index in [0.717, 1.165) is 0 Å². The molecule has 0 saturated heterocycles. The van der Waals surface area contributed by atoms with Gasteiger partial charge in [0.15, 0.2) is 0 Å². The Morgan fingerprint density at radius 2 is 1.79 bits per heavy atom. The van der Waals surface area contributed by atoms with E-state index in [1.807, 2.05) is 0 Å². The molecule has 1 aromatic heterocycles. The number of carbonyl (C=O) groups is 1. The molecule has 0 bridgehead atoms. The minimum Gasteiger partial charge on any atom is -0.403 e. The van der Waals surface area contributed by atoms with E-state index in [1.54, 1.807) is 12.1 Å². The van der Waals surface area contributed by atoms with Crippen LogP contribution in [-0.2, 0) is 0 Å². The van der Waals surface area contributed by atoms with E-state index in [-0.39, 0.29) is 11.9 Å². The molecule has 6 nitrogen and oxygen atoms in total. The van der Waals surface area contributed by atoms with Crippen molar-refractivity contribution in [1.29, 1.82) is 0 Å². The van der Waals surface area contributed by atoms with E-state index in [4.69, 9.17) is 27.6 Å². The van der Waals surface area contributed by atoms with Crippen molar-refractivity contribution < 1.29 is 13.6 Å². The normalized spacial score (nSPS) is 10.5. The Bertz CT molecular complexity index is 883. The molecule has 0 atom stereocenters. The molecule has 122 valence electrons. The molecule has 0 radical (unpaired) electrons. The van der Waals surface area contributed by atoms with Gasteiger partial charge in [-0.2, -0.15) is 0 Å². The van der Waals surface area contributed by atoms with Gasteiger partial charge in [0, 0.05) is 10.7 Å². The van der Waals surface area contributed by atoms with Crippen LogP contribution in [0.3, 0.4) is 0 Å². The molecule has 2 amide bonds. The number of nitrogens with one attached hydrogen (secondary N) is 2. The monoisotopic (exact) mass is 366 g/mol. The number of aromatic nitrogens is 2. The SMILES string of the molecule is O=C(Nc1ccc(F)cc1)Nc1nnc(-c2ccc(Cl)cc2Cl)o1. The van der Waals surface area contributed by atoms with Crippen molar-refractivity contribution in [2.75, 3.05) is 10.6 Å². The molecule has 0 saturated carbocycles. The minimum absolute atomic E-state index is 0.115. The lowest BCUT2D eigenvalue weighted by molar-refractivity contribution is 0.261. The van der Waals surface area contributed by atoms with Crippen LogP contribution < -0.4 is 10.6 Å². The first-order valence-electron chi connectivity index (χ1n) is 6.64. The second kappa shape index (κ2) is 6.86. The highest BCUT2D eigenvalue weighted by Crippen LogP contribution is 2.30. The number of carbonyl (C=O) groups excluding carboxylic acids is 1. The summed E-state index contributed by atoms with van der Waals surface area (Å²) in [5.74, 6) is -0.268. The largest absolute Gasteiger partial charge is 0.403 e. The summed E-state index contributed by atoms with van der Waals surface area (Å²) in [6.45, 7) is 0. The van der Waals surface area contributed by atoms with Gasteiger partial charge < -0.3 is 9.73 Å². The maximum atomic E-state index is 12.8. The zero-order chi connectivity index (χ0) is 17.1. The minimum atomic E-state index is -0.612. The standard InChI is InChI=1S/C15H9Cl2FN4O2/c16-8-1-6-11(12(17)7-8)13-21-22-15(24-13)20-14(23)19-10-4-2-9(18)3-5-10/h1-7H,(H2,19,20,22,23). The quantitative estimate of drug-likeness (QED) is 0.695. The Morgan fingerprint density at radius 3 is 2.50 bits per heavy atom. The number of hydrogen-bond acceptors (Lipinski definition) is 4. The molecule has 2 N–H and O–H groups in total. The van der Waals surface area contributed by atoms with Gasteiger partial charge in [0.05, 0.1) is 10.6 Å². The first-order valence-corrected chi connectivity index (χ1v) is 7.39. The van der Waals surface area contributed by atoms with Gasteiger partial charge in [-0.05, 0) is 42.5 Å². The molecule has 0 aliphatic rings. The van der Waals surface area contributed by atoms with Crippen molar-refractivity contribution in [3.05, 3.63) is 58.3 Å². The molecule has 9 heteroatoms. The van der Waals surface area contributed by atoms with Crippen LogP contribution in [0.1, 0.15) is 0 Å². The van der Waals surface area contributed by atoms with Crippen LogP contribution >= 0.6 is 23.2 Å². The fourth-order valence-electron chi connectivity index (χ4n) is 1.84. The highest BCUT2D eigenvalue weighted by Gasteiger charge is 2.14. The van der Waals surface area contributed by atoms with Crippen LogP contribution in [0.15, 0.2) is 46.9 Å². The number of halogens is 3. The van der Waals surface area contributed by atoms with E-state index >= 15 is 0 Å². The van der Waals surface area contributed by atoms with Crippen LogP contribution in [0.25, 0.3) is 11.5 Å². The topological polar surface area (TPSA) is 80.0 Å². The third-order valence-electron chi connectivity index (χ3n) is 2.91. The summed E-state index contributed by atoms with van der Waals surface area (Å²) in [7, 11) is 0. The predicted octanol–water partition coefficient (Wildman–Crippen LogP) is 4.83. The highest BCUT2D eigenvalue weighted by atomic mass is 35.5. The van der Waals surface area contributed by atoms with E-state index in [2.05, 4.69) is 20.8 Å². The van der Waals surface area contributed by atoms with Crippen LogP contribution in [0.4, 0.5) is 20.9 Å². The molecule has 0 fully saturated rings. The fraction of sp³-hybridized carbons (Fsp3) is 0. The van der Waals surface area contributed by atoms with Crippen LogP contribution in [0.2, 0.25) is 10.0 Å². The smallest absolute Gasteiger partial charge is 0.327 e. The lowest BCUT2D eigenvalue weighted by atomic mass is 10.2. The first kappa shape index (κ1) is 16.2. The van der Waals surface area contributed by atoms with Gasteiger partial charge in [0.25, 0.3) is 5.89 Å². The summed E-state index contributed by atoms with van der Waals surface area (Å²) in [5, 5.41) is 13.2. The second-order valence-corrected chi connectivity index (χ2v) is 5.47. The average Bonchev–Trinajstić information content (AvgIpc) is 2.97. The number of urea groups is 1. The van der Waals surface area contributed by atoms with Gasteiger partial charge >= 0.3 is 12.0 Å². The first-order chi connectivity index (χ1) is 11.5. The fourth-order valence-corrected chi connectivity index (χ4v) is 2.33. The Hall–Kier alpha value is -2.64. The molecule has 0 spiro atoms. The molecule has 2 aromatic carbocycles. The van der Waals surface area contributed by atoms with Crippen molar-refractivity contribution in [1.82, 2.24) is 10.2 Å². The maximum absolute atomic E-state index is 12.8. The van der Waals surface area contributed by atoms with Gasteiger partial charge in [-0.25, -0.2) is 9.18 Å². The zero-order valence-corrected chi connectivity index (χ0v) is 13.4. The summed E-state index contributed by atoms with van der Waals surface area (Å²) in [4.78, 5) is 11.8. The summed E-state index contributed by atoms with van der Waals surface area (Å²) in [6, 6.07) is 9.35. The molecular weight excluding hydrogens is 358 g/mol. The van der Waals surface area contributed by atoms with Crippen molar-refractivity contribution >= 4 is 40.9 Å². The van der Waals surface area contributed by atoms with E-state index in [0.29, 0.717) is 21.3 Å². The Kier molecular flexibility index (Phi) is 4.64. The average molecular weight is 367 g/mol. The Morgan fingerprint density at radius 1 is 1.04 bits per heavy atom. The number of anilines is 2. The van der Waals surface area contributed by atoms with E-state index < -0.39 is 11.8 Å². The molecule has 24 heavy (non-hydrogen) atoms. The van der Waals surface area contributed by atoms with Gasteiger partial charge in [-0.1, -0.05) is 28.3 Å². The van der Waals surface area contributed by atoms with Gasteiger partial charge in [-0.15, -0.1) is 5.10 Å². The van der Waals surface area contributed by atoms with Crippen molar-refractivity contribution in [3.63, 3.8) is 0 Å². The summed E-state index contributed by atoms with van der Waals surface area (Å²) in [5.41, 5.74) is 0.898. The summed E-state index contributed by atoms with van der Waals surface area (Å²) < 4.78 is 18.1. The number of amides is 2. The van der Waals surface area contributed by atoms with Crippen LogP contribution in [0, 0.1) is 5.82 Å².